The summed E-state index contributed by atoms with van der Waals surface area (Å²) < 4.78 is 36.1. The highest BCUT2D eigenvalue weighted by molar-refractivity contribution is 7.12. The fraction of sp³-hybridized carbons (Fsp3) is 0.375. The summed E-state index contributed by atoms with van der Waals surface area (Å²) in [5, 5.41) is 4.55. The largest absolute Gasteiger partial charge is 0.392 e. The van der Waals surface area contributed by atoms with Crippen molar-refractivity contribution in [2.45, 2.75) is 18.8 Å². The summed E-state index contributed by atoms with van der Waals surface area (Å²) in [5.41, 5.74) is 0.735. The Morgan fingerprint density at radius 2 is 2.29 bits per heavy atom. The second-order valence-electron chi connectivity index (χ2n) is 2.96. The molecule has 0 spiro atoms. The summed E-state index contributed by atoms with van der Waals surface area (Å²) in [6.45, 7) is 0. The van der Waals surface area contributed by atoms with E-state index in [4.69, 9.17) is 0 Å². The number of hydrogen-bond acceptors (Lipinski definition) is 3. The first-order valence-corrected chi connectivity index (χ1v) is 4.86. The SMILES string of the molecule is FC(F)(F)CC1N=Cc2sccc2N1. The van der Waals surface area contributed by atoms with E-state index in [2.05, 4.69) is 10.3 Å². The van der Waals surface area contributed by atoms with Crippen molar-refractivity contribution in [1.82, 2.24) is 0 Å². The molecule has 6 heteroatoms. The Labute approximate surface area is 82.5 Å². The van der Waals surface area contributed by atoms with E-state index >= 15 is 0 Å². The molecule has 1 unspecified atom stereocenters. The molecule has 0 saturated heterocycles. The molecule has 1 aromatic heterocycles. The average Bonchev–Trinajstić information content (AvgIpc) is 2.47. The van der Waals surface area contributed by atoms with Crippen LogP contribution in [0.5, 0.6) is 0 Å². The minimum absolute atomic E-state index is 0.735. The first-order valence-electron chi connectivity index (χ1n) is 3.98. The third kappa shape index (κ3) is 2.06. The Morgan fingerprint density at radius 3 is 3.00 bits per heavy atom. The monoisotopic (exact) mass is 220 g/mol. The molecule has 2 heterocycles. The first-order chi connectivity index (χ1) is 6.54. The molecule has 14 heavy (non-hydrogen) atoms. The third-order valence-electron chi connectivity index (χ3n) is 1.81. The highest BCUT2D eigenvalue weighted by atomic mass is 32.1. The fourth-order valence-electron chi connectivity index (χ4n) is 1.24. The predicted octanol–water partition coefficient (Wildman–Crippen LogP) is 2.87. The molecule has 0 aromatic carbocycles. The van der Waals surface area contributed by atoms with E-state index in [0.717, 1.165) is 10.6 Å². The van der Waals surface area contributed by atoms with Gasteiger partial charge in [-0.1, -0.05) is 0 Å². The van der Waals surface area contributed by atoms with E-state index in [1.165, 1.54) is 17.6 Å². The topological polar surface area (TPSA) is 24.4 Å². The lowest BCUT2D eigenvalue weighted by molar-refractivity contribution is -0.136. The van der Waals surface area contributed by atoms with Crippen molar-refractivity contribution in [3.63, 3.8) is 0 Å². The van der Waals surface area contributed by atoms with Gasteiger partial charge in [0.05, 0.1) is 17.0 Å². The van der Waals surface area contributed by atoms with E-state index < -0.39 is 18.8 Å². The summed E-state index contributed by atoms with van der Waals surface area (Å²) in [7, 11) is 0. The van der Waals surface area contributed by atoms with Crippen molar-refractivity contribution in [3.05, 3.63) is 16.3 Å². The third-order valence-corrected chi connectivity index (χ3v) is 2.67. The Hall–Kier alpha value is -1.04. The van der Waals surface area contributed by atoms with E-state index in [9.17, 15) is 13.2 Å². The molecule has 0 bridgehead atoms. The summed E-state index contributed by atoms with van der Waals surface area (Å²) in [5.74, 6) is 0. The van der Waals surface area contributed by atoms with E-state index in [-0.39, 0.29) is 0 Å². The minimum atomic E-state index is -4.18. The molecular weight excluding hydrogens is 213 g/mol. The van der Waals surface area contributed by atoms with Crippen molar-refractivity contribution in [2.24, 2.45) is 4.99 Å². The van der Waals surface area contributed by atoms with Crippen LogP contribution >= 0.6 is 11.3 Å². The Bertz CT molecular complexity index is 356. The molecule has 1 aliphatic rings. The maximum absolute atomic E-state index is 12.0. The van der Waals surface area contributed by atoms with Crippen molar-refractivity contribution in [1.29, 1.82) is 0 Å². The molecule has 1 aromatic rings. The molecule has 2 nitrogen and oxygen atoms in total. The zero-order chi connectivity index (χ0) is 10.2. The van der Waals surface area contributed by atoms with Crippen LogP contribution in [0.3, 0.4) is 0 Å². The van der Waals surface area contributed by atoms with E-state index in [1.54, 1.807) is 6.07 Å². The molecule has 0 fully saturated rings. The van der Waals surface area contributed by atoms with Gasteiger partial charge in [0.15, 0.2) is 0 Å². The Morgan fingerprint density at radius 1 is 1.50 bits per heavy atom. The van der Waals surface area contributed by atoms with Crippen molar-refractivity contribution in [3.8, 4) is 0 Å². The van der Waals surface area contributed by atoms with Gasteiger partial charge in [0.1, 0.15) is 6.17 Å². The number of fused-ring (bicyclic) bond motifs is 1. The maximum atomic E-state index is 12.0. The van der Waals surface area contributed by atoms with Crippen molar-refractivity contribution < 1.29 is 13.2 Å². The predicted molar refractivity (Wildman–Crippen MR) is 50.0 cm³/mol. The van der Waals surface area contributed by atoms with Crippen LogP contribution in [-0.2, 0) is 0 Å². The van der Waals surface area contributed by atoms with Crippen LogP contribution in [0.2, 0.25) is 0 Å². The first kappa shape index (κ1) is 9.51. The number of anilines is 1. The molecule has 1 N–H and O–H groups in total. The molecule has 1 aliphatic heterocycles. The Kier molecular flexibility index (Phi) is 2.22. The van der Waals surface area contributed by atoms with Crippen molar-refractivity contribution >= 4 is 23.2 Å². The number of halogens is 3. The molecule has 0 aliphatic carbocycles. The van der Waals surface area contributed by atoms with Crippen LogP contribution in [0.15, 0.2) is 16.4 Å². The number of aliphatic imine (C=N–C) groups is 1. The number of nitrogens with one attached hydrogen (secondary N) is 1. The van der Waals surface area contributed by atoms with Gasteiger partial charge in [-0.15, -0.1) is 11.3 Å². The lowest BCUT2D eigenvalue weighted by atomic mass is 10.2. The van der Waals surface area contributed by atoms with Gasteiger partial charge in [-0.05, 0) is 11.4 Å². The Balaban J connectivity index is 2.08. The molecular formula is C8H7F3N2S. The number of rotatable bonds is 1. The number of hydrogen-bond donors (Lipinski definition) is 1. The smallest absolute Gasteiger partial charge is 0.362 e. The van der Waals surface area contributed by atoms with Crippen molar-refractivity contribution in [2.75, 3.05) is 5.32 Å². The summed E-state index contributed by atoms with van der Waals surface area (Å²) in [6, 6.07) is 1.76. The van der Waals surface area contributed by atoms with Gasteiger partial charge in [-0.25, -0.2) is 0 Å². The van der Waals surface area contributed by atoms with Crippen LogP contribution in [0, 0.1) is 0 Å². The van der Waals surface area contributed by atoms with E-state index in [0.29, 0.717) is 0 Å². The summed E-state index contributed by atoms with van der Waals surface area (Å²) >= 11 is 1.45. The van der Waals surface area contributed by atoms with Crippen LogP contribution in [0.1, 0.15) is 11.3 Å². The van der Waals surface area contributed by atoms with Gasteiger partial charge >= 0.3 is 6.18 Å². The lowest BCUT2D eigenvalue weighted by Gasteiger charge is -2.20. The second kappa shape index (κ2) is 3.27. The average molecular weight is 220 g/mol. The highest BCUT2D eigenvalue weighted by Gasteiger charge is 2.32. The van der Waals surface area contributed by atoms with Gasteiger partial charge in [-0.2, -0.15) is 13.2 Å². The molecule has 2 rings (SSSR count). The zero-order valence-electron chi connectivity index (χ0n) is 7.01. The summed E-state index contributed by atoms with van der Waals surface area (Å²) in [4.78, 5) is 4.66. The van der Waals surface area contributed by atoms with Crippen LogP contribution in [0.25, 0.3) is 0 Å². The lowest BCUT2D eigenvalue weighted by Crippen LogP contribution is -2.27. The molecule has 1 atom stereocenters. The normalized spacial score (nSPS) is 20.4. The van der Waals surface area contributed by atoms with E-state index in [1.807, 2.05) is 5.38 Å². The molecule has 76 valence electrons. The fourth-order valence-corrected chi connectivity index (χ4v) is 1.96. The number of nitrogens with zero attached hydrogens (tertiary/aromatic N) is 1. The summed E-state index contributed by atoms with van der Waals surface area (Å²) in [6.07, 6.45) is -4.49. The molecule has 0 radical (unpaired) electrons. The van der Waals surface area contributed by atoms with Crippen LogP contribution in [0.4, 0.5) is 18.9 Å². The quantitative estimate of drug-likeness (QED) is 0.773. The zero-order valence-corrected chi connectivity index (χ0v) is 7.82. The second-order valence-corrected chi connectivity index (χ2v) is 3.90. The standard InChI is InChI=1S/C8H7F3N2S/c9-8(10,11)3-7-12-4-6-5(13-7)1-2-14-6/h1-2,4,7,13H,3H2. The molecule has 0 amide bonds. The minimum Gasteiger partial charge on any atom is -0.362 e. The van der Waals surface area contributed by atoms with Gasteiger partial charge in [0.25, 0.3) is 0 Å². The molecule has 0 saturated carbocycles. The van der Waals surface area contributed by atoms with Crippen LogP contribution < -0.4 is 5.32 Å². The van der Waals surface area contributed by atoms with Gasteiger partial charge in [-0.3, -0.25) is 4.99 Å². The highest BCUT2D eigenvalue weighted by Crippen LogP contribution is 2.29. The number of alkyl halides is 3. The maximum Gasteiger partial charge on any atom is 0.392 e. The van der Waals surface area contributed by atoms with Crippen LogP contribution in [-0.4, -0.2) is 18.6 Å². The van der Waals surface area contributed by atoms with Gasteiger partial charge in [0.2, 0.25) is 0 Å². The van der Waals surface area contributed by atoms with Gasteiger partial charge in [0, 0.05) is 6.21 Å². The number of thiophene rings is 1. The van der Waals surface area contributed by atoms with Gasteiger partial charge < -0.3 is 5.32 Å².